The normalized spacial score (nSPS) is 17.5. The van der Waals surface area contributed by atoms with E-state index in [2.05, 4.69) is 42.5 Å². The number of amides is 2. The van der Waals surface area contributed by atoms with Gasteiger partial charge in [-0.05, 0) is 61.2 Å². The van der Waals surface area contributed by atoms with E-state index in [0.29, 0.717) is 8.95 Å². The first kappa shape index (κ1) is 15.1. The van der Waals surface area contributed by atoms with E-state index in [9.17, 15) is 9.90 Å². The molecule has 0 saturated heterocycles. The second-order valence-electron chi connectivity index (χ2n) is 4.86. The van der Waals surface area contributed by atoms with Gasteiger partial charge in [-0.25, -0.2) is 4.79 Å². The summed E-state index contributed by atoms with van der Waals surface area (Å²) in [7, 11) is 0. The zero-order chi connectivity index (χ0) is 15.7. The molecule has 0 bridgehead atoms. The fraction of sp³-hybridized carbons (Fsp3) is 0.0625. The number of rotatable bonds is 2. The molecule has 1 aliphatic rings. The number of phenols is 1. The minimum atomic E-state index is -0.280. The number of carbonyl (C=O) groups is 1. The van der Waals surface area contributed by atoms with Crippen molar-refractivity contribution in [3.8, 4) is 5.75 Å². The Kier molecular flexibility index (Phi) is 4.22. The highest BCUT2D eigenvalue weighted by molar-refractivity contribution is 9.11. The van der Waals surface area contributed by atoms with E-state index in [1.165, 1.54) is 0 Å². The molecule has 0 saturated carbocycles. The average Bonchev–Trinajstić information content (AvgIpc) is 2.52. The molecule has 3 N–H and O–H groups in total. The number of halogens is 2. The average molecular weight is 424 g/mol. The molecule has 0 aromatic heterocycles. The van der Waals surface area contributed by atoms with E-state index in [0.717, 1.165) is 16.8 Å². The van der Waals surface area contributed by atoms with Crippen LogP contribution in [-0.2, 0) is 0 Å². The lowest BCUT2D eigenvalue weighted by molar-refractivity contribution is 0.241. The molecule has 2 amide bonds. The van der Waals surface area contributed by atoms with Crippen LogP contribution in [0.15, 0.2) is 57.5 Å². The lowest BCUT2D eigenvalue weighted by atomic mass is 10.0. The number of hydrogen-bond acceptors (Lipinski definition) is 2. The Labute approximate surface area is 144 Å². The first-order valence-electron chi connectivity index (χ1n) is 6.57. The number of urea groups is 1. The van der Waals surface area contributed by atoms with Crippen LogP contribution in [0.4, 0.5) is 4.79 Å². The maximum atomic E-state index is 11.9. The molecule has 1 aliphatic heterocycles. The molecule has 0 aliphatic carbocycles. The summed E-state index contributed by atoms with van der Waals surface area (Å²) in [5.41, 5.74) is 2.56. The quantitative estimate of drug-likeness (QED) is 0.673. The molecule has 2 aromatic rings. The summed E-state index contributed by atoms with van der Waals surface area (Å²) in [5.74, 6) is 0.135. The van der Waals surface area contributed by atoms with Gasteiger partial charge in [-0.3, -0.25) is 0 Å². The van der Waals surface area contributed by atoms with Gasteiger partial charge < -0.3 is 15.7 Å². The highest BCUT2D eigenvalue weighted by atomic mass is 79.9. The summed E-state index contributed by atoms with van der Waals surface area (Å²) in [6.45, 7) is 0. The van der Waals surface area contributed by atoms with E-state index < -0.39 is 0 Å². The molecule has 6 heteroatoms. The van der Waals surface area contributed by atoms with Crippen LogP contribution in [0.2, 0.25) is 0 Å². The number of aromatic hydroxyl groups is 1. The Bertz CT molecular complexity index is 737. The highest BCUT2D eigenvalue weighted by Gasteiger charge is 2.21. The Balaban J connectivity index is 2.02. The van der Waals surface area contributed by atoms with Gasteiger partial charge in [0.1, 0.15) is 5.75 Å². The first-order valence-corrected chi connectivity index (χ1v) is 8.16. The van der Waals surface area contributed by atoms with Crippen LogP contribution >= 0.6 is 31.9 Å². The Hall–Kier alpha value is -1.79. The number of hydrogen-bond donors (Lipinski definition) is 3. The van der Waals surface area contributed by atoms with Gasteiger partial charge in [-0.15, -0.1) is 0 Å². The van der Waals surface area contributed by atoms with Crippen molar-refractivity contribution in [2.24, 2.45) is 0 Å². The third kappa shape index (κ3) is 3.03. The number of benzene rings is 2. The van der Waals surface area contributed by atoms with E-state index in [-0.39, 0.29) is 17.8 Å². The second kappa shape index (κ2) is 6.14. The van der Waals surface area contributed by atoms with Crippen molar-refractivity contribution in [2.75, 3.05) is 0 Å². The lowest BCUT2D eigenvalue weighted by Crippen LogP contribution is -2.40. The Morgan fingerprint density at radius 1 is 1.05 bits per heavy atom. The second-order valence-corrected chi connectivity index (χ2v) is 6.56. The molecule has 22 heavy (non-hydrogen) atoms. The van der Waals surface area contributed by atoms with Gasteiger partial charge in [-0.2, -0.15) is 0 Å². The van der Waals surface area contributed by atoms with Crippen LogP contribution < -0.4 is 10.6 Å². The van der Waals surface area contributed by atoms with Crippen molar-refractivity contribution < 1.29 is 9.90 Å². The van der Waals surface area contributed by atoms with Gasteiger partial charge in [0.15, 0.2) is 0 Å². The number of nitrogens with one attached hydrogen (secondary N) is 2. The molecular weight excluding hydrogens is 412 g/mol. The summed E-state index contributed by atoms with van der Waals surface area (Å²) in [6.07, 6.45) is 1.95. The standard InChI is InChI=1S/C16H12Br2N2O2/c17-11-6-10(7-12(18)15(11)21)14-8-13(19-16(22)20-14)9-4-2-1-3-5-9/h1-8,14,21H,(H2,19,20,22). The number of phenolic OH excluding ortho intramolecular Hbond substituents is 1. The largest absolute Gasteiger partial charge is 0.506 e. The van der Waals surface area contributed by atoms with Gasteiger partial charge in [0.2, 0.25) is 0 Å². The molecule has 0 fully saturated rings. The van der Waals surface area contributed by atoms with Crippen molar-refractivity contribution in [2.45, 2.75) is 6.04 Å². The van der Waals surface area contributed by atoms with Crippen LogP contribution in [0.3, 0.4) is 0 Å². The van der Waals surface area contributed by atoms with E-state index in [1.807, 2.05) is 36.4 Å². The van der Waals surface area contributed by atoms with E-state index in [4.69, 9.17) is 0 Å². The SMILES string of the molecule is O=C1NC(c2ccccc2)=CC(c2cc(Br)c(O)c(Br)c2)N1. The lowest BCUT2D eigenvalue weighted by Gasteiger charge is -2.24. The third-order valence-corrected chi connectivity index (χ3v) is 4.56. The zero-order valence-electron chi connectivity index (χ0n) is 11.3. The molecular formula is C16H12Br2N2O2. The van der Waals surface area contributed by atoms with Crippen molar-refractivity contribution in [1.82, 2.24) is 10.6 Å². The highest BCUT2D eigenvalue weighted by Crippen LogP contribution is 2.36. The molecule has 4 nitrogen and oxygen atoms in total. The third-order valence-electron chi connectivity index (χ3n) is 3.35. The van der Waals surface area contributed by atoms with E-state index >= 15 is 0 Å². The van der Waals surface area contributed by atoms with Crippen LogP contribution in [0, 0.1) is 0 Å². The van der Waals surface area contributed by atoms with Crippen molar-refractivity contribution >= 4 is 43.6 Å². The van der Waals surface area contributed by atoms with Gasteiger partial charge in [0.05, 0.1) is 15.0 Å². The predicted molar refractivity (Wildman–Crippen MR) is 92.3 cm³/mol. The van der Waals surface area contributed by atoms with Crippen LogP contribution in [0.5, 0.6) is 5.75 Å². The fourth-order valence-corrected chi connectivity index (χ4v) is 3.50. The first-order chi connectivity index (χ1) is 10.5. The molecule has 1 unspecified atom stereocenters. The predicted octanol–water partition coefficient (Wildman–Crippen LogP) is 4.31. The fourth-order valence-electron chi connectivity index (χ4n) is 2.28. The smallest absolute Gasteiger partial charge is 0.319 e. The minimum Gasteiger partial charge on any atom is -0.506 e. The number of carbonyl (C=O) groups excluding carboxylic acids is 1. The van der Waals surface area contributed by atoms with Crippen LogP contribution in [-0.4, -0.2) is 11.1 Å². The molecule has 1 heterocycles. The summed E-state index contributed by atoms with van der Waals surface area (Å²) in [5, 5.41) is 15.5. The molecule has 1 atom stereocenters. The van der Waals surface area contributed by atoms with Gasteiger partial charge in [-0.1, -0.05) is 30.3 Å². The van der Waals surface area contributed by atoms with Crippen molar-refractivity contribution in [3.05, 3.63) is 68.6 Å². The summed E-state index contributed by atoms with van der Waals surface area (Å²) in [6, 6.07) is 12.7. The van der Waals surface area contributed by atoms with Gasteiger partial charge in [0.25, 0.3) is 0 Å². The Morgan fingerprint density at radius 2 is 1.68 bits per heavy atom. The maximum absolute atomic E-state index is 11.9. The Morgan fingerprint density at radius 3 is 2.32 bits per heavy atom. The maximum Gasteiger partial charge on any atom is 0.319 e. The van der Waals surface area contributed by atoms with Crippen LogP contribution in [0.25, 0.3) is 5.70 Å². The van der Waals surface area contributed by atoms with Crippen LogP contribution in [0.1, 0.15) is 17.2 Å². The summed E-state index contributed by atoms with van der Waals surface area (Å²) in [4.78, 5) is 11.9. The molecule has 2 aromatic carbocycles. The van der Waals surface area contributed by atoms with Crippen molar-refractivity contribution in [1.29, 1.82) is 0 Å². The zero-order valence-corrected chi connectivity index (χ0v) is 14.5. The molecule has 112 valence electrons. The molecule has 3 rings (SSSR count). The molecule has 0 spiro atoms. The topological polar surface area (TPSA) is 61.4 Å². The summed E-state index contributed by atoms with van der Waals surface area (Å²) >= 11 is 6.62. The van der Waals surface area contributed by atoms with Gasteiger partial charge >= 0.3 is 6.03 Å². The molecule has 0 radical (unpaired) electrons. The monoisotopic (exact) mass is 422 g/mol. The summed E-state index contributed by atoms with van der Waals surface area (Å²) < 4.78 is 1.14. The minimum absolute atomic E-state index is 0.135. The van der Waals surface area contributed by atoms with Gasteiger partial charge in [0, 0.05) is 5.70 Å². The van der Waals surface area contributed by atoms with Crippen molar-refractivity contribution in [3.63, 3.8) is 0 Å². The van der Waals surface area contributed by atoms with E-state index in [1.54, 1.807) is 12.1 Å².